The molecule has 1 heterocycles. The van der Waals surface area contributed by atoms with E-state index in [1.54, 1.807) is 6.08 Å². The van der Waals surface area contributed by atoms with Crippen LogP contribution in [-0.2, 0) is 9.53 Å². The van der Waals surface area contributed by atoms with Crippen LogP contribution in [0.3, 0.4) is 0 Å². The molecule has 0 radical (unpaired) electrons. The molecule has 9 atom stereocenters. The summed E-state index contributed by atoms with van der Waals surface area (Å²) in [6, 6.07) is 0. The van der Waals surface area contributed by atoms with Crippen molar-refractivity contribution in [3.8, 4) is 0 Å². The van der Waals surface area contributed by atoms with Crippen molar-refractivity contribution in [1.29, 1.82) is 0 Å². The lowest BCUT2D eigenvalue weighted by Gasteiger charge is -2.67. The van der Waals surface area contributed by atoms with E-state index < -0.39 is 34.2 Å². The first kappa shape index (κ1) is 20.0. The van der Waals surface area contributed by atoms with Gasteiger partial charge in [0.2, 0.25) is 0 Å². The molecule has 29 heavy (non-hydrogen) atoms. The summed E-state index contributed by atoms with van der Waals surface area (Å²) in [7, 11) is 0. The van der Waals surface area contributed by atoms with E-state index in [4.69, 9.17) is 4.74 Å². The Hall–Kier alpha value is -0.950. The second-order valence-corrected chi connectivity index (χ2v) is 11.0. The van der Waals surface area contributed by atoms with Crippen molar-refractivity contribution in [1.82, 2.24) is 0 Å². The van der Waals surface area contributed by atoms with Crippen molar-refractivity contribution in [3.05, 3.63) is 11.6 Å². The molecule has 4 aliphatic carbocycles. The predicted molar refractivity (Wildman–Crippen MR) is 105 cm³/mol. The Kier molecular flexibility index (Phi) is 4.17. The summed E-state index contributed by atoms with van der Waals surface area (Å²) in [5, 5.41) is 45.2. The predicted octanol–water partition coefficient (Wildman–Crippen LogP) is 1.69. The number of rotatable bonds is 1. The summed E-state index contributed by atoms with van der Waals surface area (Å²) in [6.07, 6.45) is 5.15. The molecule has 4 saturated carbocycles. The fraction of sp³-hybridized carbons (Fsp3) is 0.870. The van der Waals surface area contributed by atoms with Gasteiger partial charge in [-0.2, -0.15) is 0 Å². The third-order valence-corrected chi connectivity index (χ3v) is 10.0. The van der Waals surface area contributed by atoms with Gasteiger partial charge in [-0.15, -0.1) is 0 Å². The van der Waals surface area contributed by atoms with Gasteiger partial charge in [-0.1, -0.05) is 13.8 Å². The number of aliphatic hydroxyl groups excluding tert-OH is 2. The van der Waals surface area contributed by atoms with E-state index in [2.05, 4.69) is 13.8 Å². The molecule has 5 rings (SSSR count). The zero-order chi connectivity index (χ0) is 20.8. The molecule has 0 spiro atoms. The Morgan fingerprint density at radius 2 is 1.76 bits per heavy atom. The zero-order valence-electron chi connectivity index (χ0n) is 17.4. The van der Waals surface area contributed by atoms with E-state index in [-0.39, 0.29) is 30.3 Å². The number of fused-ring (bicyclic) bond motifs is 5. The number of carbonyl (C=O) groups excluding carboxylic acids is 1. The maximum atomic E-state index is 12.1. The molecule has 0 aromatic rings. The molecule has 1 aliphatic heterocycles. The largest absolute Gasteiger partial charge is 0.458 e. The monoisotopic (exact) mass is 406 g/mol. The highest BCUT2D eigenvalue weighted by Crippen LogP contribution is 2.70. The highest BCUT2D eigenvalue weighted by Gasteiger charge is 2.72. The van der Waals surface area contributed by atoms with E-state index in [9.17, 15) is 25.2 Å². The van der Waals surface area contributed by atoms with E-state index in [1.807, 2.05) is 0 Å². The smallest absolute Gasteiger partial charge is 0.331 e. The van der Waals surface area contributed by atoms with Crippen LogP contribution in [0.4, 0.5) is 0 Å². The van der Waals surface area contributed by atoms with Crippen LogP contribution in [0.25, 0.3) is 0 Å². The minimum absolute atomic E-state index is 0.0244. The Morgan fingerprint density at radius 3 is 2.45 bits per heavy atom. The molecule has 162 valence electrons. The highest BCUT2D eigenvalue weighted by atomic mass is 16.5. The molecule has 4 N–H and O–H groups in total. The van der Waals surface area contributed by atoms with Crippen molar-refractivity contribution in [2.24, 2.45) is 28.6 Å². The normalized spacial score (nSPS) is 56.8. The van der Waals surface area contributed by atoms with E-state index >= 15 is 0 Å². The number of hydrogen-bond donors (Lipinski definition) is 4. The molecule has 0 aromatic heterocycles. The van der Waals surface area contributed by atoms with E-state index in [0.29, 0.717) is 44.9 Å². The Morgan fingerprint density at radius 1 is 1.00 bits per heavy atom. The molecule has 0 bridgehead atoms. The number of ether oxygens (including phenoxy) is 1. The maximum Gasteiger partial charge on any atom is 0.331 e. The van der Waals surface area contributed by atoms with Crippen LogP contribution in [0.15, 0.2) is 11.6 Å². The van der Waals surface area contributed by atoms with Crippen LogP contribution in [0.2, 0.25) is 0 Å². The second kappa shape index (κ2) is 6.06. The minimum Gasteiger partial charge on any atom is -0.458 e. The van der Waals surface area contributed by atoms with Gasteiger partial charge in [0.1, 0.15) is 6.61 Å². The van der Waals surface area contributed by atoms with Crippen molar-refractivity contribution in [2.45, 2.75) is 88.6 Å². The first-order chi connectivity index (χ1) is 13.5. The molecule has 0 saturated heterocycles. The van der Waals surface area contributed by atoms with Crippen LogP contribution < -0.4 is 0 Å². The molecule has 9 unspecified atom stereocenters. The summed E-state index contributed by atoms with van der Waals surface area (Å²) < 4.78 is 5.15. The molecule has 6 nitrogen and oxygen atoms in total. The molecule has 0 aromatic carbocycles. The fourth-order valence-corrected chi connectivity index (χ4v) is 8.48. The van der Waals surface area contributed by atoms with Gasteiger partial charge >= 0.3 is 5.97 Å². The SMILES string of the molecule is CC12CCC(O)CC1(O)CCC1C2C(O)CC2(C)C(C3=CC(=O)OC3)CCC12O. The number of esters is 1. The summed E-state index contributed by atoms with van der Waals surface area (Å²) in [4.78, 5) is 11.6. The summed E-state index contributed by atoms with van der Waals surface area (Å²) in [5.41, 5.74) is -2.03. The second-order valence-electron chi connectivity index (χ2n) is 11.0. The molecule has 4 fully saturated rings. The van der Waals surface area contributed by atoms with Crippen molar-refractivity contribution < 1.29 is 30.0 Å². The van der Waals surface area contributed by atoms with Gasteiger partial charge in [0.15, 0.2) is 0 Å². The summed E-state index contributed by atoms with van der Waals surface area (Å²) in [5.74, 6) is -0.581. The van der Waals surface area contributed by atoms with Gasteiger partial charge in [0.05, 0.1) is 23.4 Å². The molecular weight excluding hydrogens is 372 g/mol. The van der Waals surface area contributed by atoms with Gasteiger partial charge in [-0.05, 0) is 68.3 Å². The van der Waals surface area contributed by atoms with E-state index in [1.165, 1.54) is 0 Å². The summed E-state index contributed by atoms with van der Waals surface area (Å²) >= 11 is 0. The van der Waals surface area contributed by atoms with Crippen LogP contribution in [-0.4, -0.2) is 56.4 Å². The average Bonchev–Trinajstić information content (AvgIpc) is 3.17. The van der Waals surface area contributed by atoms with Gasteiger partial charge < -0.3 is 25.2 Å². The quantitative estimate of drug-likeness (QED) is 0.494. The van der Waals surface area contributed by atoms with Crippen LogP contribution >= 0.6 is 0 Å². The molecule has 5 aliphatic rings. The topological polar surface area (TPSA) is 107 Å². The maximum absolute atomic E-state index is 12.1. The first-order valence-corrected chi connectivity index (χ1v) is 11.2. The summed E-state index contributed by atoms with van der Waals surface area (Å²) in [6.45, 7) is 4.42. The molecule has 6 heteroatoms. The zero-order valence-corrected chi connectivity index (χ0v) is 17.4. The van der Waals surface area contributed by atoms with Crippen LogP contribution in [0.5, 0.6) is 0 Å². The molecular formula is C23H34O6. The van der Waals surface area contributed by atoms with Crippen LogP contribution in [0.1, 0.15) is 65.2 Å². The van der Waals surface area contributed by atoms with Gasteiger partial charge in [0.25, 0.3) is 0 Å². The number of cyclic esters (lactones) is 1. The first-order valence-electron chi connectivity index (χ1n) is 11.2. The number of hydrogen-bond acceptors (Lipinski definition) is 6. The van der Waals surface area contributed by atoms with Gasteiger partial charge in [-0.25, -0.2) is 4.79 Å². The van der Waals surface area contributed by atoms with E-state index in [0.717, 1.165) is 12.0 Å². The number of aliphatic hydroxyl groups is 4. The van der Waals surface area contributed by atoms with Crippen molar-refractivity contribution in [3.63, 3.8) is 0 Å². The lowest BCUT2D eigenvalue weighted by Crippen LogP contribution is -2.70. The average molecular weight is 407 g/mol. The minimum atomic E-state index is -0.997. The Bertz CT molecular complexity index is 764. The number of carbonyl (C=O) groups is 1. The van der Waals surface area contributed by atoms with Gasteiger partial charge in [-0.3, -0.25) is 0 Å². The van der Waals surface area contributed by atoms with Crippen molar-refractivity contribution >= 4 is 5.97 Å². The lowest BCUT2D eigenvalue weighted by atomic mass is 9.41. The Balaban J connectivity index is 1.53. The van der Waals surface area contributed by atoms with Crippen LogP contribution in [0, 0.1) is 28.6 Å². The third-order valence-electron chi connectivity index (χ3n) is 10.0. The molecule has 0 amide bonds. The van der Waals surface area contributed by atoms with Gasteiger partial charge in [0, 0.05) is 23.3 Å². The third kappa shape index (κ3) is 2.40. The fourth-order valence-electron chi connectivity index (χ4n) is 8.48. The Labute approximate surface area is 172 Å². The lowest BCUT2D eigenvalue weighted by molar-refractivity contribution is -0.280. The van der Waals surface area contributed by atoms with Crippen molar-refractivity contribution in [2.75, 3.05) is 6.61 Å². The highest BCUT2D eigenvalue weighted by molar-refractivity contribution is 5.85. The standard InChI is InChI=1S/C23H34O6/c1-20-6-3-14(24)10-22(20,27)7-4-16-19(20)17(25)11-21(2)15(5-8-23(16,21)28)13-9-18(26)29-12-13/h9,14-17,19,24-25,27-28H,3-8,10-12H2,1-2H3.